The molecule has 2 aromatic carbocycles. The van der Waals surface area contributed by atoms with E-state index in [1.165, 1.54) is 12.1 Å². The first-order valence-electron chi connectivity index (χ1n) is 6.30. The Bertz CT molecular complexity index is 612. The lowest BCUT2D eigenvalue weighted by Gasteiger charge is -2.08. The molecule has 0 aromatic heterocycles. The van der Waals surface area contributed by atoms with Gasteiger partial charge in [-0.1, -0.05) is 12.1 Å². The Hall–Kier alpha value is -2.36. The van der Waals surface area contributed by atoms with Crippen LogP contribution >= 0.6 is 0 Å². The highest BCUT2D eigenvalue weighted by Gasteiger charge is 2.07. The van der Waals surface area contributed by atoms with E-state index in [0.29, 0.717) is 23.2 Å². The fourth-order valence-corrected chi connectivity index (χ4v) is 2.03. The normalized spacial score (nSPS) is 10.3. The summed E-state index contributed by atoms with van der Waals surface area (Å²) in [7, 11) is 0. The van der Waals surface area contributed by atoms with Crippen molar-refractivity contribution in [3.63, 3.8) is 0 Å². The second kappa shape index (κ2) is 5.74. The first kappa shape index (κ1) is 14.1. The molecule has 0 atom stereocenters. The zero-order valence-corrected chi connectivity index (χ0v) is 11.4. The van der Waals surface area contributed by atoms with Crippen molar-refractivity contribution >= 4 is 5.91 Å². The summed E-state index contributed by atoms with van der Waals surface area (Å²) in [4.78, 5) is 11.9. The van der Waals surface area contributed by atoms with Gasteiger partial charge in [-0.3, -0.25) is 4.79 Å². The molecular weight excluding hydrogens is 257 g/mol. The summed E-state index contributed by atoms with van der Waals surface area (Å²) in [6.07, 6.45) is 0. The number of phenols is 1. The van der Waals surface area contributed by atoms with Crippen LogP contribution in [0, 0.1) is 19.7 Å². The molecular formula is C16H16FNO2. The van der Waals surface area contributed by atoms with Crippen LogP contribution in [0.15, 0.2) is 36.4 Å². The number of hydrogen-bond donors (Lipinski definition) is 2. The number of aromatic hydroxyl groups is 1. The first-order chi connectivity index (χ1) is 9.47. The molecule has 0 aliphatic heterocycles. The predicted molar refractivity (Wildman–Crippen MR) is 75.2 cm³/mol. The molecule has 0 spiro atoms. The number of aryl methyl sites for hydroxylation is 2. The van der Waals surface area contributed by atoms with E-state index >= 15 is 0 Å². The number of rotatable bonds is 3. The van der Waals surface area contributed by atoms with Gasteiger partial charge in [0.15, 0.2) is 0 Å². The van der Waals surface area contributed by atoms with Crippen molar-refractivity contribution in [3.05, 3.63) is 64.5 Å². The van der Waals surface area contributed by atoms with Crippen molar-refractivity contribution in [1.29, 1.82) is 0 Å². The molecule has 0 bridgehead atoms. The first-order valence-corrected chi connectivity index (χ1v) is 6.30. The molecule has 0 saturated carbocycles. The standard InChI is InChI=1S/C16H16FNO2/c1-10-7-12(8-11(2)15(10)17)9-18-16(20)13-3-5-14(19)6-4-13/h3-8,19H,9H2,1-2H3,(H,18,20). The van der Waals surface area contributed by atoms with Gasteiger partial charge < -0.3 is 10.4 Å². The monoisotopic (exact) mass is 273 g/mol. The van der Waals surface area contributed by atoms with E-state index in [-0.39, 0.29) is 17.5 Å². The number of amides is 1. The average molecular weight is 273 g/mol. The van der Waals surface area contributed by atoms with E-state index in [9.17, 15) is 9.18 Å². The van der Waals surface area contributed by atoms with E-state index < -0.39 is 0 Å². The third kappa shape index (κ3) is 3.15. The van der Waals surface area contributed by atoms with Gasteiger partial charge in [0.2, 0.25) is 0 Å². The highest BCUT2D eigenvalue weighted by molar-refractivity contribution is 5.94. The Morgan fingerprint density at radius 3 is 2.25 bits per heavy atom. The molecule has 104 valence electrons. The molecule has 0 aliphatic rings. The molecule has 0 aliphatic carbocycles. The molecule has 4 heteroatoms. The van der Waals surface area contributed by atoms with Crippen molar-refractivity contribution in [2.24, 2.45) is 0 Å². The number of nitrogens with one attached hydrogen (secondary N) is 1. The van der Waals surface area contributed by atoms with Crippen LogP contribution in [0.3, 0.4) is 0 Å². The van der Waals surface area contributed by atoms with E-state index in [0.717, 1.165) is 5.56 Å². The van der Waals surface area contributed by atoms with Gasteiger partial charge in [0.1, 0.15) is 11.6 Å². The lowest BCUT2D eigenvalue weighted by molar-refractivity contribution is 0.0951. The lowest BCUT2D eigenvalue weighted by Crippen LogP contribution is -2.22. The summed E-state index contributed by atoms with van der Waals surface area (Å²) in [6.45, 7) is 3.74. The summed E-state index contributed by atoms with van der Waals surface area (Å²) < 4.78 is 13.5. The largest absolute Gasteiger partial charge is 0.508 e. The maximum absolute atomic E-state index is 13.5. The number of halogens is 1. The fourth-order valence-electron chi connectivity index (χ4n) is 2.03. The maximum Gasteiger partial charge on any atom is 0.251 e. The summed E-state index contributed by atoms with van der Waals surface area (Å²) in [6, 6.07) is 9.46. The SMILES string of the molecule is Cc1cc(CNC(=O)c2ccc(O)cc2)cc(C)c1F. The quantitative estimate of drug-likeness (QED) is 0.903. The average Bonchev–Trinajstić information content (AvgIpc) is 2.42. The summed E-state index contributed by atoms with van der Waals surface area (Å²) in [5.41, 5.74) is 2.46. The third-order valence-electron chi connectivity index (χ3n) is 3.08. The highest BCUT2D eigenvalue weighted by atomic mass is 19.1. The Labute approximate surface area is 117 Å². The van der Waals surface area contributed by atoms with E-state index in [4.69, 9.17) is 5.11 Å². The van der Waals surface area contributed by atoms with Gasteiger partial charge in [-0.25, -0.2) is 4.39 Å². The molecule has 20 heavy (non-hydrogen) atoms. The topological polar surface area (TPSA) is 49.3 Å². The van der Waals surface area contributed by atoms with Crippen LogP contribution in [0.25, 0.3) is 0 Å². The zero-order valence-electron chi connectivity index (χ0n) is 11.4. The Balaban J connectivity index is 2.05. The van der Waals surface area contributed by atoms with Crippen molar-refractivity contribution < 1.29 is 14.3 Å². The van der Waals surface area contributed by atoms with Crippen LogP contribution in [0.2, 0.25) is 0 Å². The van der Waals surface area contributed by atoms with Crippen molar-refractivity contribution in [2.75, 3.05) is 0 Å². The molecule has 0 fully saturated rings. The van der Waals surface area contributed by atoms with Crippen molar-refractivity contribution in [2.45, 2.75) is 20.4 Å². The van der Waals surface area contributed by atoms with Gasteiger partial charge in [-0.2, -0.15) is 0 Å². The van der Waals surface area contributed by atoms with E-state index in [1.54, 1.807) is 38.1 Å². The summed E-state index contributed by atoms with van der Waals surface area (Å²) >= 11 is 0. The molecule has 1 amide bonds. The van der Waals surface area contributed by atoms with Gasteiger partial charge >= 0.3 is 0 Å². The van der Waals surface area contributed by atoms with Gasteiger partial charge in [-0.15, -0.1) is 0 Å². The molecule has 0 unspecified atom stereocenters. The predicted octanol–water partition coefficient (Wildman–Crippen LogP) is 3.08. The van der Waals surface area contributed by atoms with Gasteiger partial charge in [-0.05, 0) is 54.8 Å². The van der Waals surface area contributed by atoms with E-state index in [1.807, 2.05) is 0 Å². The van der Waals surface area contributed by atoms with Gasteiger partial charge in [0.05, 0.1) is 0 Å². The fraction of sp³-hybridized carbons (Fsp3) is 0.188. The van der Waals surface area contributed by atoms with Crippen LogP contribution < -0.4 is 5.32 Å². The molecule has 3 nitrogen and oxygen atoms in total. The number of phenolic OH excluding ortho intramolecular Hbond substituents is 1. The molecule has 0 heterocycles. The molecule has 0 saturated heterocycles. The zero-order chi connectivity index (χ0) is 14.7. The molecule has 2 rings (SSSR count). The van der Waals surface area contributed by atoms with Crippen LogP contribution in [0.4, 0.5) is 4.39 Å². The molecule has 2 N–H and O–H groups in total. The van der Waals surface area contributed by atoms with Crippen LogP contribution in [0.1, 0.15) is 27.0 Å². The smallest absolute Gasteiger partial charge is 0.251 e. The van der Waals surface area contributed by atoms with Crippen molar-refractivity contribution in [1.82, 2.24) is 5.32 Å². The second-order valence-corrected chi connectivity index (χ2v) is 4.77. The summed E-state index contributed by atoms with van der Waals surface area (Å²) in [5, 5.41) is 11.9. The Kier molecular flexibility index (Phi) is 4.03. The number of hydrogen-bond acceptors (Lipinski definition) is 2. The lowest BCUT2D eigenvalue weighted by atomic mass is 10.1. The molecule has 0 radical (unpaired) electrons. The van der Waals surface area contributed by atoms with Crippen LogP contribution in [-0.4, -0.2) is 11.0 Å². The molecule has 2 aromatic rings. The maximum atomic E-state index is 13.5. The second-order valence-electron chi connectivity index (χ2n) is 4.77. The Morgan fingerprint density at radius 1 is 1.15 bits per heavy atom. The van der Waals surface area contributed by atoms with Crippen LogP contribution in [-0.2, 0) is 6.54 Å². The minimum atomic E-state index is -0.232. The Morgan fingerprint density at radius 2 is 1.70 bits per heavy atom. The van der Waals surface area contributed by atoms with Crippen LogP contribution in [0.5, 0.6) is 5.75 Å². The number of carbonyl (C=O) groups excluding carboxylic acids is 1. The summed E-state index contributed by atoms with van der Waals surface area (Å²) in [5.74, 6) is -0.324. The van der Waals surface area contributed by atoms with Crippen molar-refractivity contribution in [3.8, 4) is 5.75 Å². The number of carbonyl (C=O) groups is 1. The number of benzene rings is 2. The minimum absolute atomic E-state index is 0.117. The van der Waals surface area contributed by atoms with E-state index in [2.05, 4.69) is 5.32 Å². The highest BCUT2D eigenvalue weighted by Crippen LogP contribution is 2.15. The van der Waals surface area contributed by atoms with Gasteiger partial charge in [0.25, 0.3) is 5.91 Å². The van der Waals surface area contributed by atoms with Gasteiger partial charge in [0, 0.05) is 12.1 Å². The minimum Gasteiger partial charge on any atom is -0.508 e. The third-order valence-corrected chi connectivity index (χ3v) is 3.08.